The highest BCUT2D eigenvalue weighted by Crippen LogP contribution is 2.28. The number of carbonyl (C=O) groups is 1. The topological polar surface area (TPSA) is 85.6 Å². The second-order valence-electron chi connectivity index (χ2n) is 5.51. The Morgan fingerprint density at radius 3 is 2.72 bits per heavy atom. The number of nitro groups is 1. The van der Waals surface area contributed by atoms with Gasteiger partial charge in [-0.05, 0) is 24.3 Å². The van der Waals surface area contributed by atoms with Crippen LogP contribution in [0.3, 0.4) is 0 Å². The van der Waals surface area contributed by atoms with E-state index in [0.29, 0.717) is 10.7 Å². The molecule has 0 aliphatic heterocycles. The van der Waals surface area contributed by atoms with Crippen molar-refractivity contribution in [3.63, 3.8) is 0 Å². The van der Waals surface area contributed by atoms with Crippen LogP contribution in [0.25, 0.3) is 10.2 Å². The molecule has 8 heteroatoms. The number of hydrogen-bond donors (Lipinski definition) is 0. The first-order valence-corrected chi connectivity index (χ1v) is 8.24. The number of hydrogen-bond acceptors (Lipinski definition) is 7. The minimum Gasteiger partial charge on any atom is -0.455 e. The van der Waals surface area contributed by atoms with Gasteiger partial charge in [-0.3, -0.25) is 10.1 Å². The van der Waals surface area contributed by atoms with Crippen molar-refractivity contribution in [2.75, 3.05) is 19.0 Å². The van der Waals surface area contributed by atoms with E-state index in [1.54, 1.807) is 19.0 Å². The summed E-state index contributed by atoms with van der Waals surface area (Å²) in [6, 6.07) is 11.9. The summed E-state index contributed by atoms with van der Waals surface area (Å²) in [6.07, 6.45) is 0. The number of para-hydroxylation sites is 1. The van der Waals surface area contributed by atoms with E-state index in [-0.39, 0.29) is 17.9 Å². The second kappa shape index (κ2) is 6.86. The van der Waals surface area contributed by atoms with Crippen LogP contribution in [0.5, 0.6) is 0 Å². The fourth-order valence-electron chi connectivity index (χ4n) is 2.37. The summed E-state index contributed by atoms with van der Waals surface area (Å²) in [5.74, 6) is -0.618. The van der Waals surface area contributed by atoms with E-state index < -0.39 is 10.9 Å². The summed E-state index contributed by atoms with van der Waals surface area (Å²) >= 11 is 1.45. The van der Waals surface area contributed by atoms with E-state index in [1.165, 1.54) is 29.5 Å². The predicted molar refractivity (Wildman–Crippen MR) is 96.2 cm³/mol. The van der Waals surface area contributed by atoms with Gasteiger partial charge in [0.05, 0.1) is 20.7 Å². The molecule has 25 heavy (non-hydrogen) atoms. The fraction of sp³-hybridized carbons (Fsp3) is 0.176. The molecule has 2 aromatic carbocycles. The molecule has 1 aromatic heterocycles. The molecule has 0 aliphatic rings. The number of benzene rings is 2. The Kier molecular flexibility index (Phi) is 4.62. The molecule has 0 spiro atoms. The molecule has 3 rings (SSSR count). The number of aromatic nitrogens is 1. The molecule has 3 aromatic rings. The summed E-state index contributed by atoms with van der Waals surface area (Å²) in [6.45, 7) is 0.0292. The zero-order chi connectivity index (χ0) is 18.0. The molecular weight excluding hydrogens is 342 g/mol. The number of nitrogens with zero attached hydrogens (tertiary/aromatic N) is 3. The molecule has 0 unspecified atom stereocenters. The van der Waals surface area contributed by atoms with Crippen LogP contribution in [0.4, 0.5) is 11.4 Å². The number of carbonyl (C=O) groups excluding carboxylic acids is 1. The van der Waals surface area contributed by atoms with Crippen LogP contribution in [0.15, 0.2) is 42.5 Å². The largest absolute Gasteiger partial charge is 0.455 e. The molecule has 0 amide bonds. The highest BCUT2D eigenvalue weighted by atomic mass is 32.1. The maximum atomic E-state index is 12.2. The predicted octanol–water partition coefficient (Wildman–Crippen LogP) is 3.63. The van der Waals surface area contributed by atoms with Crippen LogP contribution in [-0.2, 0) is 11.3 Å². The molecule has 0 saturated carbocycles. The zero-order valence-corrected chi connectivity index (χ0v) is 14.4. The standard InChI is InChI=1S/C17H15N3O4S/c1-19(2)13-8-7-11(9-14(13)20(22)23)17(21)24-10-16-18-12-5-3-4-6-15(12)25-16/h3-9H,10H2,1-2H3. The van der Waals surface area contributed by atoms with Crippen molar-refractivity contribution in [2.24, 2.45) is 0 Å². The molecule has 0 aliphatic carbocycles. The van der Waals surface area contributed by atoms with E-state index in [0.717, 1.165) is 10.2 Å². The van der Waals surface area contributed by atoms with E-state index in [9.17, 15) is 14.9 Å². The lowest BCUT2D eigenvalue weighted by Gasteiger charge is -2.13. The van der Waals surface area contributed by atoms with Gasteiger partial charge >= 0.3 is 5.97 Å². The van der Waals surface area contributed by atoms with Gasteiger partial charge in [0.15, 0.2) is 0 Å². The first kappa shape index (κ1) is 16.8. The lowest BCUT2D eigenvalue weighted by Crippen LogP contribution is -2.12. The minimum atomic E-state index is -0.618. The molecule has 7 nitrogen and oxygen atoms in total. The Labute approximate surface area is 147 Å². The Bertz CT molecular complexity index is 919. The molecule has 0 saturated heterocycles. The molecule has 0 radical (unpaired) electrons. The number of fused-ring (bicyclic) bond motifs is 1. The third-order valence-electron chi connectivity index (χ3n) is 3.55. The number of ether oxygens (including phenoxy) is 1. The monoisotopic (exact) mass is 357 g/mol. The summed E-state index contributed by atoms with van der Waals surface area (Å²) < 4.78 is 6.26. The summed E-state index contributed by atoms with van der Waals surface area (Å²) in [5, 5.41) is 11.9. The molecule has 0 fully saturated rings. The van der Waals surface area contributed by atoms with Crippen LogP contribution < -0.4 is 4.90 Å². The van der Waals surface area contributed by atoms with Gasteiger partial charge in [0, 0.05) is 20.2 Å². The van der Waals surface area contributed by atoms with Crippen molar-refractivity contribution in [3.8, 4) is 0 Å². The zero-order valence-electron chi connectivity index (χ0n) is 13.6. The van der Waals surface area contributed by atoms with Crippen molar-refractivity contribution in [1.29, 1.82) is 0 Å². The molecule has 1 heterocycles. The Morgan fingerprint density at radius 1 is 1.28 bits per heavy atom. The Hall–Kier alpha value is -3.00. The third kappa shape index (κ3) is 3.58. The van der Waals surface area contributed by atoms with Gasteiger partial charge in [-0.15, -0.1) is 11.3 Å². The van der Waals surface area contributed by atoms with Gasteiger partial charge in [-0.1, -0.05) is 12.1 Å². The lowest BCUT2D eigenvalue weighted by atomic mass is 10.1. The maximum Gasteiger partial charge on any atom is 0.338 e. The Balaban J connectivity index is 1.76. The van der Waals surface area contributed by atoms with Crippen molar-refractivity contribution >= 4 is 38.9 Å². The van der Waals surface area contributed by atoms with Crippen molar-refractivity contribution < 1.29 is 14.5 Å². The van der Waals surface area contributed by atoms with Crippen molar-refractivity contribution in [2.45, 2.75) is 6.61 Å². The Morgan fingerprint density at radius 2 is 2.04 bits per heavy atom. The molecule has 0 bridgehead atoms. The molecule has 128 valence electrons. The van der Waals surface area contributed by atoms with E-state index in [2.05, 4.69) is 4.98 Å². The number of anilines is 1. The average Bonchev–Trinajstić information content (AvgIpc) is 3.01. The van der Waals surface area contributed by atoms with Crippen molar-refractivity contribution in [3.05, 3.63) is 63.1 Å². The average molecular weight is 357 g/mol. The van der Waals surface area contributed by atoms with E-state index in [4.69, 9.17) is 4.74 Å². The number of thiazole rings is 1. The second-order valence-corrected chi connectivity index (χ2v) is 6.62. The molecular formula is C17H15N3O4S. The van der Waals surface area contributed by atoms with Gasteiger partial charge in [0.25, 0.3) is 5.69 Å². The van der Waals surface area contributed by atoms with Crippen LogP contribution >= 0.6 is 11.3 Å². The summed E-state index contributed by atoms with van der Waals surface area (Å²) in [4.78, 5) is 28.9. The van der Waals surface area contributed by atoms with Gasteiger partial charge in [-0.2, -0.15) is 0 Å². The van der Waals surface area contributed by atoms with Crippen LogP contribution in [0.2, 0.25) is 0 Å². The van der Waals surface area contributed by atoms with Crippen LogP contribution in [-0.4, -0.2) is 30.0 Å². The third-order valence-corrected chi connectivity index (χ3v) is 4.56. The molecule has 0 N–H and O–H groups in total. The minimum absolute atomic E-state index is 0.0292. The lowest BCUT2D eigenvalue weighted by molar-refractivity contribution is -0.384. The normalized spacial score (nSPS) is 10.6. The quantitative estimate of drug-likeness (QED) is 0.394. The summed E-state index contributed by atoms with van der Waals surface area (Å²) in [5.41, 5.74) is 1.27. The number of nitro benzene ring substituents is 1. The van der Waals surface area contributed by atoms with Crippen LogP contribution in [0, 0.1) is 10.1 Å². The van der Waals surface area contributed by atoms with E-state index in [1.807, 2.05) is 24.3 Å². The van der Waals surface area contributed by atoms with Gasteiger partial charge in [-0.25, -0.2) is 9.78 Å². The smallest absolute Gasteiger partial charge is 0.338 e. The van der Waals surface area contributed by atoms with Crippen LogP contribution in [0.1, 0.15) is 15.4 Å². The van der Waals surface area contributed by atoms with Gasteiger partial charge < -0.3 is 9.64 Å². The summed E-state index contributed by atoms with van der Waals surface area (Å²) in [7, 11) is 3.40. The highest BCUT2D eigenvalue weighted by molar-refractivity contribution is 7.18. The van der Waals surface area contributed by atoms with E-state index >= 15 is 0 Å². The SMILES string of the molecule is CN(C)c1ccc(C(=O)OCc2nc3ccccc3s2)cc1[N+](=O)[O-]. The van der Waals surface area contributed by atoms with Crippen molar-refractivity contribution in [1.82, 2.24) is 4.98 Å². The highest BCUT2D eigenvalue weighted by Gasteiger charge is 2.19. The maximum absolute atomic E-state index is 12.2. The fourth-order valence-corrected chi connectivity index (χ4v) is 3.25. The molecule has 0 atom stereocenters. The first-order chi connectivity index (χ1) is 12.0. The van der Waals surface area contributed by atoms with Gasteiger partial charge in [0.1, 0.15) is 17.3 Å². The van der Waals surface area contributed by atoms with Gasteiger partial charge in [0.2, 0.25) is 0 Å². The number of rotatable bonds is 5. The first-order valence-electron chi connectivity index (χ1n) is 7.43. The number of esters is 1.